The summed E-state index contributed by atoms with van der Waals surface area (Å²) in [7, 11) is -5.19. The van der Waals surface area contributed by atoms with E-state index in [0.29, 0.717) is 16.4 Å². The molecule has 0 atom stereocenters. The van der Waals surface area contributed by atoms with Crippen LogP contribution in [0.1, 0.15) is 131 Å². The Morgan fingerprint density at radius 2 is 0.905 bits per heavy atom. The summed E-state index contributed by atoms with van der Waals surface area (Å²) in [6.07, 6.45) is 3.80. The van der Waals surface area contributed by atoms with Crippen LogP contribution in [0.15, 0.2) is 66.7 Å². The molecule has 0 saturated heterocycles. The second kappa shape index (κ2) is 11.7. The Bertz CT molecular complexity index is 1360. The molecular formula is C38H57O3P. The molecule has 0 aliphatic carbocycles. The first kappa shape index (κ1) is 34.3. The van der Waals surface area contributed by atoms with Gasteiger partial charge in [0.1, 0.15) is 0 Å². The van der Waals surface area contributed by atoms with Crippen molar-refractivity contribution in [2.24, 2.45) is 0 Å². The first-order valence-corrected chi connectivity index (χ1v) is 17.9. The molecule has 0 spiro atoms. The van der Waals surface area contributed by atoms with Gasteiger partial charge in [0.25, 0.3) is 0 Å². The van der Waals surface area contributed by atoms with Gasteiger partial charge in [-0.15, -0.1) is 0 Å². The van der Waals surface area contributed by atoms with Gasteiger partial charge in [-0.05, 0) is 0 Å². The van der Waals surface area contributed by atoms with E-state index < -0.39 is 7.28 Å². The summed E-state index contributed by atoms with van der Waals surface area (Å²) in [5.74, 6) is 0.449. The van der Waals surface area contributed by atoms with E-state index in [-0.39, 0.29) is 21.7 Å². The van der Waals surface area contributed by atoms with E-state index in [1.165, 1.54) is 11.1 Å². The third-order valence-corrected chi connectivity index (χ3v) is 13.5. The van der Waals surface area contributed by atoms with E-state index in [4.69, 9.17) is 4.52 Å². The summed E-state index contributed by atoms with van der Waals surface area (Å²) in [6, 6.07) is 21.8. The van der Waals surface area contributed by atoms with Crippen LogP contribution in [0.25, 0.3) is 0 Å². The Morgan fingerprint density at radius 3 is 1.33 bits per heavy atom. The molecule has 3 rings (SSSR count). The van der Waals surface area contributed by atoms with Gasteiger partial charge in [0.05, 0.1) is 0 Å². The molecule has 4 heteroatoms. The Balaban J connectivity index is 2.35. The summed E-state index contributed by atoms with van der Waals surface area (Å²) in [4.78, 5) is 25.9. The van der Waals surface area contributed by atoms with Gasteiger partial charge < -0.3 is 0 Å². The Morgan fingerprint density at radius 1 is 0.524 bits per heavy atom. The molecule has 3 nitrogen and oxygen atoms in total. The van der Waals surface area contributed by atoms with E-state index >= 15 is 0 Å². The van der Waals surface area contributed by atoms with Gasteiger partial charge in [0, 0.05) is 0 Å². The molecule has 0 aliphatic rings. The second-order valence-corrected chi connectivity index (χ2v) is 17.9. The van der Waals surface area contributed by atoms with Crippen molar-refractivity contribution in [2.75, 3.05) is 0 Å². The summed E-state index contributed by atoms with van der Waals surface area (Å²) in [5.41, 5.74) is 4.10. The van der Waals surface area contributed by atoms with Crippen LogP contribution in [-0.2, 0) is 21.7 Å². The summed E-state index contributed by atoms with van der Waals surface area (Å²) in [5, 5.41) is 0.884. The average molecular weight is 593 g/mol. The van der Waals surface area contributed by atoms with E-state index in [1.54, 1.807) is 0 Å². The van der Waals surface area contributed by atoms with Crippen LogP contribution in [0.2, 0.25) is 0 Å². The molecule has 0 fully saturated rings. The fraction of sp³-hybridized carbons (Fsp3) is 0.526. The zero-order valence-corrected chi connectivity index (χ0v) is 29.3. The fourth-order valence-corrected chi connectivity index (χ4v) is 8.08. The molecular weight excluding hydrogens is 535 g/mol. The first-order chi connectivity index (χ1) is 19.3. The number of rotatable bonds is 12. The zero-order valence-electron chi connectivity index (χ0n) is 28.4. The van der Waals surface area contributed by atoms with Crippen molar-refractivity contribution in [2.45, 2.75) is 130 Å². The molecule has 232 valence electrons. The predicted molar refractivity (Wildman–Crippen MR) is 184 cm³/mol. The van der Waals surface area contributed by atoms with Gasteiger partial charge in [-0.2, -0.15) is 0 Å². The van der Waals surface area contributed by atoms with Crippen molar-refractivity contribution >= 4 is 17.9 Å². The maximum atomic E-state index is 13.0. The van der Waals surface area contributed by atoms with Crippen molar-refractivity contribution in [3.8, 4) is 5.75 Å². The molecule has 0 aliphatic heterocycles. The minimum atomic E-state index is -5.19. The molecule has 0 radical (unpaired) electrons. The normalized spacial score (nSPS) is 14.4. The van der Waals surface area contributed by atoms with Crippen molar-refractivity contribution in [1.29, 1.82) is 0 Å². The fourth-order valence-electron chi connectivity index (χ4n) is 5.24. The van der Waals surface area contributed by atoms with E-state index in [9.17, 15) is 9.79 Å². The van der Waals surface area contributed by atoms with Crippen LogP contribution in [0.3, 0.4) is 0 Å². The topological polar surface area (TPSA) is 49.7 Å². The molecule has 0 unspecified atom stereocenters. The van der Waals surface area contributed by atoms with Crippen LogP contribution < -0.4 is 15.1 Å². The Kier molecular flexibility index (Phi) is 9.57. The SMILES string of the molecule is CCC(C)(C)c1ccc(OP(O)(O)(c2ccc(C(C)(C)CC)cc2)c2ccc(C(C)(C)CC)cc2C(C)(C)CC)cc1. The van der Waals surface area contributed by atoms with Gasteiger partial charge in [-0.25, -0.2) is 0 Å². The van der Waals surface area contributed by atoms with Gasteiger partial charge in [0.2, 0.25) is 0 Å². The molecule has 0 amide bonds. The molecule has 0 heterocycles. The molecule has 0 aromatic heterocycles. The van der Waals surface area contributed by atoms with Crippen LogP contribution in [0.5, 0.6) is 5.75 Å². The van der Waals surface area contributed by atoms with Crippen molar-refractivity contribution < 1.29 is 14.3 Å². The quantitative estimate of drug-likeness (QED) is 0.206. The van der Waals surface area contributed by atoms with E-state index in [0.717, 1.165) is 36.8 Å². The van der Waals surface area contributed by atoms with Crippen molar-refractivity contribution in [3.05, 3.63) is 89.0 Å². The molecule has 0 bridgehead atoms. The average Bonchev–Trinajstić information content (AvgIpc) is 2.97. The van der Waals surface area contributed by atoms with Gasteiger partial charge >= 0.3 is 257 Å². The van der Waals surface area contributed by atoms with Crippen LogP contribution >= 0.6 is 7.28 Å². The monoisotopic (exact) mass is 592 g/mol. The van der Waals surface area contributed by atoms with Crippen LogP contribution in [-0.4, -0.2) is 9.79 Å². The van der Waals surface area contributed by atoms with Gasteiger partial charge in [0.15, 0.2) is 0 Å². The second-order valence-electron chi connectivity index (χ2n) is 14.8. The van der Waals surface area contributed by atoms with Crippen molar-refractivity contribution in [3.63, 3.8) is 0 Å². The number of hydrogen-bond donors (Lipinski definition) is 2. The molecule has 0 saturated carbocycles. The van der Waals surface area contributed by atoms with Crippen molar-refractivity contribution in [1.82, 2.24) is 0 Å². The Labute approximate surface area is 256 Å². The van der Waals surface area contributed by atoms with E-state index in [2.05, 4.69) is 95.2 Å². The third-order valence-electron chi connectivity index (χ3n) is 10.5. The minimum absolute atomic E-state index is 0.0185. The molecule has 42 heavy (non-hydrogen) atoms. The Hall–Kier alpha value is -2.19. The van der Waals surface area contributed by atoms with Gasteiger partial charge in [-0.1, -0.05) is 0 Å². The van der Waals surface area contributed by atoms with Crippen LogP contribution in [0, 0.1) is 0 Å². The zero-order chi connectivity index (χ0) is 31.8. The maximum absolute atomic E-state index is 13.0. The molecule has 3 aromatic rings. The molecule has 2 N–H and O–H groups in total. The summed E-state index contributed by atoms with van der Waals surface area (Å²) in [6.45, 7) is 26.4. The predicted octanol–water partition coefficient (Wildman–Crippen LogP) is 9.75. The van der Waals surface area contributed by atoms with Crippen LogP contribution in [0.4, 0.5) is 0 Å². The first-order valence-electron chi connectivity index (χ1n) is 15.9. The standard InChI is InChI=1S/C38H57O3P/c1-13-35(5,6)28-17-22-31(23-18-28)41-42(39,40,32-24-19-29(20-25-32)36(7,8)14-2)34-26-21-30(37(9,10)15-3)27-33(34)38(11,12)16-4/h17-27,39-40H,13-16H2,1-12H3. The summed E-state index contributed by atoms with van der Waals surface area (Å²) < 4.78 is 6.59. The third kappa shape index (κ3) is 6.50. The number of hydrogen-bond acceptors (Lipinski definition) is 3. The van der Waals surface area contributed by atoms with Gasteiger partial charge in [-0.3, -0.25) is 0 Å². The molecule has 3 aromatic carbocycles. The number of benzene rings is 3. The van der Waals surface area contributed by atoms with E-state index in [1.807, 2.05) is 54.6 Å². The summed E-state index contributed by atoms with van der Waals surface area (Å²) >= 11 is 0.